The lowest BCUT2D eigenvalue weighted by Crippen LogP contribution is -2.41. The number of hydrogen-bond acceptors (Lipinski definition) is 4. The maximum Gasteiger partial charge on any atom is 0.239 e. The maximum atomic E-state index is 11.8. The zero-order chi connectivity index (χ0) is 14.8. The van der Waals surface area contributed by atoms with Gasteiger partial charge >= 0.3 is 0 Å². The average Bonchev–Trinajstić information content (AvgIpc) is 2.32. The molecule has 0 rings (SSSR count). The van der Waals surface area contributed by atoms with Crippen LogP contribution in [0.3, 0.4) is 0 Å². The summed E-state index contributed by atoms with van der Waals surface area (Å²) in [4.78, 5) is 25.3. The van der Waals surface area contributed by atoms with Gasteiger partial charge in [-0.1, -0.05) is 13.8 Å². The lowest BCUT2D eigenvalue weighted by Gasteiger charge is -2.16. The molecule has 0 fully saturated rings. The number of carbonyl (C=O) groups is 2. The van der Waals surface area contributed by atoms with Crippen molar-refractivity contribution in [2.45, 2.75) is 20.3 Å². The minimum Gasteiger partial charge on any atom is -0.353 e. The Balaban J connectivity index is 3.90. The van der Waals surface area contributed by atoms with Gasteiger partial charge in [0.2, 0.25) is 11.8 Å². The molecule has 0 aliphatic carbocycles. The molecule has 0 aromatic heterocycles. The van der Waals surface area contributed by atoms with Crippen molar-refractivity contribution in [1.82, 2.24) is 15.5 Å². The average molecular weight is 289 g/mol. The second-order valence-electron chi connectivity index (χ2n) is 5.38. The van der Waals surface area contributed by atoms with Gasteiger partial charge in [0, 0.05) is 24.8 Å². The number of carbonyl (C=O) groups excluding carboxylic acids is 2. The predicted molar refractivity (Wildman–Crippen MR) is 81.4 cm³/mol. The van der Waals surface area contributed by atoms with Crippen LogP contribution in [0.5, 0.6) is 0 Å². The fourth-order valence-electron chi connectivity index (χ4n) is 1.63. The van der Waals surface area contributed by atoms with Gasteiger partial charge in [-0.25, -0.2) is 0 Å². The maximum absolute atomic E-state index is 11.8. The van der Waals surface area contributed by atoms with Crippen LogP contribution in [-0.2, 0) is 9.59 Å². The smallest absolute Gasteiger partial charge is 0.239 e. The van der Waals surface area contributed by atoms with Crippen LogP contribution in [-0.4, -0.2) is 56.2 Å². The van der Waals surface area contributed by atoms with Gasteiger partial charge in [-0.2, -0.15) is 12.6 Å². The molecule has 0 spiro atoms. The Morgan fingerprint density at radius 1 is 1.21 bits per heavy atom. The SMILES string of the molecule is CC(C)CC(CS)C(=O)NCC(=O)NCCN(C)C. The Hall–Kier alpha value is -0.750. The molecule has 0 aromatic carbocycles. The molecule has 112 valence electrons. The molecular formula is C13H27N3O2S. The number of amides is 2. The van der Waals surface area contributed by atoms with Crippen molar-refractivity contribution in [3.63, 3.8) is 0 Å². The second-order valence-corrected chi connectivity index (χ2v) is 5.75. The summed E-state index contributed by atoms with van der Waals surface area (Å²) in [5, 5.41) is 5.42. The summed E-state index contributed by atoms with van der Waals surface area (Å²) in [6.45, 7) is 5.54. The first kappa shape index (κ1) is 18.2. The minimum absolute atomic E-state index is 0.0363. The summed E-state index contributed by atoms with van der Waals surface area (Å²) in [5.74, 6) is 0.575. The number of nitrogens with one attached hydrogen (secondary N) is 2. The fourth-order valence-corrected chi connectivity index (χ4v) is 1.94. The number of nitrogens with zero attached hydrogens (tertiary/aromatic N) is 1. The monoisotopic (exact) mass is 289 g/mol. The molecule has 0 aliphatic heterocycles. The van der Waals surface area contributed by atoms with Crippen LogP contribution >= 0.6 is 12.6 Å². The summed E-state index contributed by atoms with van der Waals surface area (Å²) >= 11 is 4.19. The van der Waals surface area contributed by atoms with E-state index >= 15 is 0 Å². The zero-order valence-corrected chi connectivity index (χ0v) is 13.3. The van der Waals surface area contributed by atoms with Gasteiger partial charge in [0.15, 0.2) is 0 Å². The molecule has 0 aliphatic rings. The molecule has 0 radical (unpaired) electrons. The summed E-state index contributed by atoms with van der Waals surface area (Å²) < 4.78 is 0. The molecule has 0 saturated carbocycles. The fraction of sp³-hybridized carbons (Fsp3) is 0.846. The normalized spacial score (nSPS) is 12.6. The number of rotatable bonds is 9. The molecule has 5 nitrogen and oxygen atoms in total. The van der Waals surface area contributed by atoms with Gasteiger partial charge in [-0.05, 0) is 26.4 Å². The third kappa shape index (κ3) is 9.78. The molecule has 2 N–H and O–H groups in total. The summed E-state index contributed by atoms with van der Waals surface area (Å²) in [6.07, 6.45) is 0.789. The summed E-state index contributed by atoms with van der Waals surface area (Å²) in [5.41, 5.74) is 0. The van der Waals surface area contributed by atoms with E-state index in [0.717, 1.165) is 13.0 Å². The van der Waals surface area contributed by atoms with E-state index in [9.17, 15) is 9.59 Å². The molecular weight excluding hydrogens is 262 g/mol. The van der Waals surface area contributed by atoms with Crippen molar-refractivity contribution in [3.05, 3.63) is 0 Å². The highest BCUT2D eigenvalue weighted by Crippen LogP contribution is 2.13. The number of likely N-dealkylation sites (N-methyl/N-ethyl adjacent to an activating group) is 1. The number of hydrogen-bond donors (Lipinski definition) is 3. The van der Waals surface area contributed by atoms with Crippen LogP contribution in [0.25, 0.3) is 0 Å². The molecule has 1 unspecified atom stereocenters. The van der Waals surface area contributed by atoms with Crippen molar-refractivity contribution < 1.29 is 9.59 Å². The Labute approximate surface area is 121 Å². The standard InChI is InChI=1S/C13H27N3O2S/c1-10(2)7-11(9-19)13(18)15-8-12(17)14-5-6-16(3)4/h10-11,19H,5-9H2,1-4H3,(H,14,17)(H,15,18). The van der Waals surface area contributed by atoms with Crippen LogP contribution in [0.2, 0.25) is 0 Å². The van der Waals surface area contributed by atoms with Crippen molar-refractivity contribution >= 4 is 24.4 Å². The van der Waals surface area contributed by atoms with E-state index in [1.807, 2.05) is 19.0 Å². The van der Waals surface area contributed by atoms with E-state index in [2.05, 4.69) is 37.1 Å². The van der Waals surface area contributed by atoms with E-state index in [1.165, 1.54) is 0 Å². The van der Waals surface area contributed by atoms with E-state index < -0.39 is 0 Å². The van der Waals surface area contributed by atoms with Crippen molar-refractivity contribution in [2.75, 3.05) is 39.5 Å². The predicted octanol–water partition coefficient (Wildman–Crippen LogP) is 0.373. The highest BCUT2D eigenvalue weighted by Gasteiger charge is 2.18. The first-order valence-electron chi connectivity index (χ1n) is 6.66. The summed E-state index contributed by atoms with van der Waals surface area (Å²) in [6, 6.07) is 0. The first-order chi connectivity index (χ1) is 8.86. The van der Waals surface area contributed by atoms with E-state index in [4.69, 9.17) is 0 Å². The van der Waals surface area contributed by atoms with Crippen molar-refractivity contribution in [1.29, 1.82) is 0 Å². The first-order valence-corrected chi connectivity index (χ1v) is 7.30. The van der Waals surface area contributed by atoms with Crippen LogP contribution in [0.1, 0.15) is 20.3 Å². The Bertz CT molecular complexity index is 283. The van der Waals surface area contributed by atoms with Gasteiger partial charge < -0.3 is 15.5 Å². The third-order valence-corrected chi connectivity index (χ3v) is 3.09. The molecule has 0 bridgehead atoms. The van der Waals surface area contributed by atoms with Gasteiger partial charge in [0.1, 0.15) is 0 Å². The lowest BCUT2D eigenvalue weighted by molar-refractivity contribution is -0.128. The lowest BCUT2D eigenvalue weighted by atomic mass is 9.98. The van der Waals surface area contributed by atoms with Gasteiger partial charge in [0.05, 0.1) is 6.54 Å². The Kier molecular flexibility index (Phi) is 9.69. The third-order valence-electron chi connectivity index (χ3n) is 2.65. The molecule has 0 aromatic rings. The van der Waals surface area contributed by atoms with E-state index in [1.54, 1.807) is 0 Å². The van der Waals surface area contributed by atoms with Gasteiger partial charge in [-0.15, -0.1) is 0 Å². The zero-order valence-electron chi connectivity index (χ0n) is 12.4. The molecule has 0 heterocycles. The Morgan fingerprint density at radius 3 is 2.32 bits per heavy atom. The quantitative estimate of drug-likeness (QED) is 0.538. The topological polar surface area (TPSA) is 61.4 Å². The van der Waals surface area contributed by atoms with Crippen LogP contribution in [0.15, 0.2) is 0 Å². The van der Waals surface area contributed by atoms with Gasteiger partial charge in [0.25, 0.3) is 0 Å². The van der Waals surface area contributed by atoms with Crippen molar-refractivity contribution in [2.24, 2.45) is 11.8 Å². The van der Waals surface area contributed by atoms with Crippen LogP contribution < -0.4 is 10.6 Å². The molecule has 19 heavy (non-hydrogen) atoms. The highest BCUT2D eigenvalue weighted by molar-refractivity contribution is 7.80. The number of thiol groups is 1. The molecule has 1 atom stereocenters. The largest absolute Gasteiger partial charge is 0.353 e. The molecule has 6 heteroatoms. The van der Waals surface area contributed by atoms with E-state index in [0.29, 0.717) is 18.2 Å². The van der Waals surface area contributed by atoms with E-state index in [-0.39, 0.29) is 24.3 Å². The van der Waals surface area contributed by atoms with Crippen molar-refractivity contribution in [3.8, 4) is 0 Å². The molecule has 0 saturated heterocycles. The highest BCUT2D eigenvalue weighted by atomic mass is 32.1. The van der Waals surface area contributed by atoms with Crippen LogP contribution in [0, 0.1) is 11.8 Å². The van der Waals surface area contributed by atoms with Crippen LogP contribution in [0.4, 0.5) is 0 Å². The molecule has 2 amide bonds. The Morgan fingerprint density at radius 2 is 1.84 bits per heavy atom. The second kappa shape index (κ2) is 10.1. The minimum atomic E-state index is -0.155. The van der Waals surface area contributed by atoms with Gasteiger partial charge in [-0.3, -0.25) is 9.59 Å². The summed E-state index contributed by atoms with van der Waals surface area (Å²) in [7, 11) is 3.88.